The van der Waals surface area contributed by atoms with E-state index in [1.54, 1.807) is 6.20 Å². The molecule has 134 valence electrons. The summed E-state index contributed by atoms with van der Waals surface area (Å²) in [5, 5.41) is 0. The molecule has 3 heterocycles. The molecule has 5 heteroatoms. The highest BCUT2D eigenvalue weighted by atomic mass is 16.2. The molecule has 0 radical (unpaired) electrons. The molecule has 1 saturated heterocycles. The summed E-state index contributed by atoms with van der Waals surface area (Å²) in [5.74, 6) is 1.31. The molecule has 3 aromatic rings. The van der Waals surface area contributed by atoms with Gasteiger partial charge < -0.3 is 9.88 Å². The van der Waals surface area contributed by atoms with Crippen molar-refractivity contribution in [1.82, 2.24) is 19.9 Å². The first kappa shape index (κ1) is 16.8. The molecule has 1 unspecified atom stereocenters. The van der Waals surface area contributed by atoms with Crippen molar-refractivity contribution in [2.45, 2.75) is 39.2 Å². The smallest absolute Gasteiger partial charge is 0.226 e. The third-order valence-electron chi connectivity index (χ3n) is 5.20. The lowest BCUT2D eigenvalue weighted by Gasteiger charge is -2.17. The Labute approximate surface area is 153 Å². The molecule has 0 spiro atoms. The molecule has 1 aromatic carbocycles. The number of carbonyl (C=O) groups excluding carboxylic acids is 1. The fraction of sp³-hybridized carbons (Fsp3) is 0.381. The number of H-pyrrole nitrogens is 1. The van der Waals surface area contributed by atoms with E-state index in [9.17, 15) is 4.79 Å². The van der Waals surface area contributed by atoms with E-state index in [1.165, 1.54) is 0 Å². The van der Waals surface area contributed by atoms with Crippen LogP contribution < -0.4 is 0 Å². The molecule has 1 amide bonds. The molecule has 1 aliphatic heterocycles. The SMILES string of the molecule is CCCCC1CCN(Cc2ccnc3nc(-c4ccccc4)[nH]c23)C1=O. The van der Waals surface area contributed by atoms with Gasteiger partial charge in [-0.3, -0.25) is 4.79 Å². The Hall–Kier alpha value is -2.69. The summed E-state index contributed by atoms with van der Waals surface area (Å²) in [6.07, 6.45) is 6.05. The zero-order chi connectivity index (χ0) is 17.9. The Morgan fingerprint density at radius 1 is 1.23 bits per heavy atom. The molecule has 1 N–H and O–H groups in total. The van der Waals surface area contributed by atoms with E-state index in [4.69, 9.17) is 0 Å². The quantitative estimate of drug-likeness (QED) is 0.727. The van der Waals surface area contributed by atoms with Crippen LogP contribution in [-0.4, -0.2) is 32.3 Å². The van der Waals surface area contributed by atoms with Gasteiger partial charge in [-0.2, -0.15) is 0 Å². The number of unbranched alkanes of at least 4 members (excludes halogenated alkanes) is 1. The van der Waals surface area contributed by atoms with Gasteiger partial charge in [-0.25, -0.2) is 9.97 Å². The number of amides is 1. The predicted octanol–water partition coefficient (Wildman–Crippen LogP) is 4.16. The number of likely N-dealkylation sites (tertiary alicyclic amines) is 1. The van der Waals surface area contributed by atoms with Crippen LogP contribution in [0.4, 0.5) is 0 Å². The summed E-state index contributed by atoms with van der Waals surface area (Å²) < 4.78 is 0. The van der Waals surface area contributed by atoms with Gasteiger partial charge in [0.2, 0.25) is 5.91 Å². The first-order valence-electron chi connectivity index (χ1n) is 9.44. The molecule has 5 nitrogen and oxygen atoms in total. The number of carbonyl (C=O) groups is 1. The molecule has 4 rings (SSSR count). The Morgan fingerprint density at radius 2 is 2.08 bits per heavy atom. The van der Waals surface area contributed by atoms with Gasteiger partial charge >= 0.3 is 0 Å². The fourth-order valence-electron chi connectivity index (χ4n) is 3.71. The molecular formula is C21H24N4O. The summed E-state index contributed by atoms with van der Waals surface area (Å²) in [5.41, 5.74) is 3.74. The van der Waals surface area contributed by atoms with Crippen molar-refractivity contribution in [3.05, 3.63) is 48.2 Å². The molecular weight excluding hydrogens is 324 g/mol. The van der Waals surface area contributed by atoms with Crippen molar-refractivity contribution in [3.8, 4) is 11.4 Å². The minimum atomic E-state index is 0.203. The van der Waals surface area contributed by atoms with Crippen molar-refractivity contribution < 1.29 is 4.79 Å². The predicted molar refractivity (Wildman–Crippen MR) is 102 cm³/mol. The summed E-state index contributed by atoms with van der Waals surface area (Å²) in [6.45, 7) is 3.64. The average molecular weight is 348 g/mol. The van der Waals surface area contributed by atoms with Gasteiger partial charge in [0.15, 0.2) is 5.65 Å². The zero-order valence-electron chi connectivity index (χ0n) is 15.1. The van der Waals surface area contributed by atoms with Gasteiger partial charge in [0.05, 0.1) is 5.52 Å². The maximum absolute atomic E-state index is 12.7. The minimum absolute atomic E-state index is 0.203. The lowest BCUT2D eigenvalue weighted by molar-refractivity contribution is -0.131. The molecule has 2 aromatic heterocycles. The summed E-state index contributed by atoms with van der Waals surface area (Å²) in [6, 6.07) is 12.0. The number of hydrogen-bond acceptors (Lipinski definition) is 3. The van der Waals surface area contributed by atoms with Crippen LogP contribution in [0, 0.1) is 5.92 Å². The molecule has 0 aliphatic carbocycles. The van der Waals surface area contributed by atoms with Gasteiger partial charge in [-0.15, -0.1) is 0 Å². The average Bonchev–Trinajstić information content (AvgIpc) is 3.26. The van der Waals surface area contributed by atoms with Crippen LogP contribution in [-0.2, 0) is 11.3 Å². The number of fused-ring (bicyclic) bond motifs is 1. The van der Waals surface area contributed by atoms with E-state index in [0.29, 0.717) is 18.1 Å². The largest absolute Gasteiger partial charge is 0.338 e. The lowest BCUT2D eigenvalue weighted by Crippen LogP contribution is -2.27. The van der Waals surface area contributed by atoms with Gasteiger partial charge in [0.1, 0.15) is 5.82 Å². The summed E-state index contributed by atoms with van der Waals surface area (Å²) >= 11 is 0. The van der Waals surface area contributed by atoms with E-state index in [-0.39, 0.29) is 5.92 Å². The molecule has 1 fully saturated rings. The van der Waals surface area contributed by atoms with Crippen molar-refractivity contribution in [2.75, 3.05) is 6.54 Å². The van der Waals surface area contributed by atoms with E-state index in [2.05, 4.69) is 21.9 Å². The van der Waals surface area contributed by atoms with Crippen LogP contribution in [0.25, 0.3) is 22.6 Å². The number of aromatic amines is 1. The maximum atomic E-state index is 12.7. The van der Waals surface area contributed by atoms with E-state index in [0.717, 1.165) is 54.7 Å². The van der Waals surface area contributed by atoms with Gasteiger partial charge in [-0.1, -0.05) is 50.1 Å². The van der Waals surface area contributed by atoms with E-state index < -0.39 is 0 Å². The van der Waals surface area contributed by atoms with Crippen LogP contribution in [0.5, 0.6) is 0 Å². The van der Waals surface area contributed by atoms with Crippen LogP contribution in [0.2, 0.25) is 0 Å². The maximum Gasteiger partial charge on any atom is 0.226 e. The molecule has 1 atom stereocenters. The second-order valence-electron chi connectivity index (χ2n) is 7.01. The van der Waals surface area contributed by atoms with Crippen molar-refractivity contribution >= 4 is 17.1 Å². The van der Waals surface area contributed by atoms with E-state index >= 15 is 0 Å². The van der Waals surface area contributed by atoms with Crippen LogP contribution in [0.15, 0.2) is 42.6 Å². The van der Waals surface area contributed by atoms with Crippen molar-refractivity contribution in [2.24, 2.45) is 5.92 Å². The standard InChI is InChI=1S/C21H24N4O/c1-2-3-7-16-11-13-25(21(16)26)14-17-10-12-22-20-18(17)23-19(24-20)15-8-5-4-6-9-15/h4-6,8-10,12,16H,2-3,7,11,13-14H2,1H3,(H,22,23,24). The summed E-state index contributed by atoms with van der Waals surface area (Å²) in [4.78, 5) is 27.1. The monoisotopic (exact) mass is 348 g/mol. The minimum Gasteiger partial charge on any atom is -0.338 e. The first-order valence-corrected chi connectivity index (χ1v) is 9.44. The van der Waals surface area contributed by atoms with Gasteiger partial charge in [0, 0.05) is 36.3 Å². The highest BCUT2D eigenvalue weighted by molar-refractivity contribution is 5.82. The molecule has 0 saturated carbocycles. The Balaban J connectivity index is 1.58. The highest BCUT2D eigenvalue weighted by Crippen LogP contribution is 2.27. The van der Waals surface area contributed by atoms with Crippen LogP contribution in [0.1, 0.15) is 38.2 Å². The highest BCUT2D eigenvalue weighted by Gasteiger charge is 2.31. The normalized spacial score (nSPS) is 17.3. The van der Waals surface area contributed by atoms with Gasteiger partial charge in [0.25, 0.3) is 0 Å². The topological polar surface area (TPSA) is 61.9 Å². The number of hydrogen-bond donors (Lipinski definition) is 1. The number of aromatic nitrogens is 3. The number of nitrogens with one attached hydrogen (secondary N) is 1. The number of benzene rings is 1. The number of imidazole rings is 1. The number of nitrogens with zero attached hydrogens (tertiary/aromatic N) is 3. The Kier molecular flexibility index (Phi) is 4.69. The summed E-state index contributed by atoms with van der Waals surface area (Å²) in [7, 11) is 0. The molecule has 0 bridgehead atoms. The second-order valence-corrected chi connectivity index (χ2v) is 7.01. The van der Waals surface area contributed by atoms with Crippen molar-refractivity contribution in [3.63, 3.8) is 0 Å². The zero-order valence-corrected chi connectivity index (χ0v) is 15.1. The number of rotatable bonds is 6. The Bertz CT molecular complexity index is 903. The van der Waals surface area contributed by atoms with Gasteiger partial charge in [-0.05, 0) is 18.9 Å². The molecule has 1 aliphatic rings. The van der Waals surface area contributed by atoms with Crippen LogP contribution in [0.3, 0.4) is 0 Å². The molecule has 26 heavy (non-hydrogen) atoms. The van der Waals surface area contributed by atoms with Crippen molar-refractivity contribution in [1.29, 1.82) is 0 Å². The first-order chi connectivity index (χ1) is 12.8. The number of pyridine rings is 1. The fourth-order valence-corrected chi connectivity index (χ4v) is 3.71. The lowest BCUT2D eigenvalue weighted by atomic mass is 10.0. The Morgan fingerprint density at radius 3 is 2.88 bits per heavy atom. The van der Waals surface area contributed by atoms with Crippen LogP contribution >= 0.6 is 0 Å². The second kappa shape index (κ2) is 7.28. The third-order valence-corrected chi connectivity index (χ3v) is 5.20. The third kappa shape index (κ3) is 3.21. The van der Waals surface area contributed by atoms with E-state index in [1.807, 2.05) is 41.3 Å².